The average molecular weight is 955 g/mol. The van der Waals surface area contributed by atoms with Crippen molar-refractivity contribution >= 4 is 53.0 Å². The first-order valence-electron chi connectivity index (χ1n) is 23.6. The molecule has 19 heteroatoms. The van der Waals surface area contributed by atoms with E-state index in [1.807, 2.05) is 20.8 Å². The van der Waals surface area contributed by atoms with Gasteiger partial charge >= 0.3 is 6.18 Å². The molecule has 66 heavy (non-hydrogen) atoms. The third kappa shape index (κ3) is 14.4. The predicted octanol–water partition coefficient (Wildman–Crippen LogP) is 5.35. The van der Waals surface area contributed by atoms with Gasteiger partial charge in [0.1, 0.15) is 47.4 Å². The molecule has 6 atom stereocenters. The van der Waals surface area contributed by atoms with Gasteiger partial charge in [0.25, 0.3) is 0 Å². The van der Waals surface area contributed by atoms with E-state index in [2.05, 4.69) is 26.6 Å². The summed E-state index contributed by atoms with van der Waals surface area (Å²) in [6.07, 6.45) is -0.710. The third-order valence-electron chi connectivity index (χ3n) is 13.0. The molecule has 7 amide bonds. The van der Waals surface area contributed by atoms with Gasteiger partial charge in [0.2, 0.25) is 41.4 Å². The summed E-state index contributed by atoms with van der Waals surface area (Å²) in [6.45, 7) is 9.19. The molecule has 3 aliphatic rings. The molecule has 0 radical (unpaired) electrons. The Morgan fingerprint density at radius 1 is 0.924 bits per heavy atom. The Bertz CT molecular complexity index is 1880. The summed E-state index contributed by atoms with van der Waals surface area (Å²) in [6, 6.07) is -2.02. The van der Waals surface area contributed by atoms with Crippen LogP contribution in [-0.2, 0) is 40.0 Å². The number of likely N-dealkylation sites (N-methyl/N-ethyl adjacent to an activating group) is 2. The summed E-state index contributed by atoms with van der Waals surface area (Å²) in [5.74, 6) is -4.32. The minimum Gasteiger partial charge on any atom is -0.493 e. The number of halogens is 4. The number of rotatable bonds is 16. The number of amides is 7. The van der Waals surface area contributed by atoms with Gasteiger partial charge < -0.3 is 41.1 Å². The zero-order chi connectivity index (χ0) is 48.9. The first-order valence-corrected chi connectivity index (χ1v) is 24.0. The fraction of sp³-hybridized carbons (Fsp3) is 0.723. The highest BCUT2D eigenvalue weighted by Crippen LogP contribution is 2.49. The van der Waals surface area contributed by atoms with Crippen LogP contribution in [0.4, 0.5) is 13.2 Å². The highest BCUT2D eigenvalue weighted by molar-refractivity contribution is 6.30. The lowest BCUT2D eigenvalue weighted by molar-refractivity contribution is -0.230. The summed E-state index contributed by atoms with van der Waals surface area (Å²) in [4.78, 5) is 100. The maximum absolute atomic E-state index is 14.7. The van der Waals surface area contributed by atoms with E-state index in [-0.39, 0.29) is 63.8 Å². The van der Waals surface area contributed by atoms with E-state index in [9.17, 15) is 46.7 Å². The number of ether oxygens (including phenoxy) is 1. The molecule has 1 heterocycles. The number of benzene rings is 1. The van der Waals surface area contributed by atoms with Crippen molar-refractivity contribution in [1.82, 2.24) is 36.4 Å². The van der Waals surface area contributed by atoms with Crippen LogP contribution in [0.15, 0.2) is 18.2 Å². The lowest BCUT2D eigenvalue weighted by Gasteiger charge is -2.38. The molecule has 2 aliphatic carbocycles. The molecule has 5 N–H and O–H groups in total. The second-order valence-electron chi connectivity index (χ2n) is 18.8. The summed E-state index contributed by atoms with van der Waals surface area (Å²) in [7, 11) is 2.83. The molecule has 1 saturated heterocycles. The lowest BCUT2D eigenvalue weighted by atomic mass is 9.72. The molecule has 1 aromatic carbocycles. The van der Waals surface area contributed by atoms with Crippen LogP contribution in [0.2, 0.25) is 5.02 Å². The number of hydrogen-bond donors (Lipinski definition) is 5. The first-order chi connectivity index (χ1) is 31.1. The van der Waals surface area contributed by atoms with Crippen molar-refractivity contribution < 1.29 is 51.5 Å². The molecule has 370 valence electrons. The normalized spacial score (nSPS) is 23.5. The number of nitrogens with one attached hydrogen (secondary N) is 5. The van der Waals surface area contributed by atoms with Gasteiger partial charge in [-0.15, -0.1) is 0 Å². The maximum atomic E-state index is 14.7. The third-order valence-corrected chi connectivity index (χ3v) is 13.3. The maximum Gasteiger partial charge on any atom is 0.403 e. The highest BCUT2D eigenvalue weighted by atomic mass is 35.5. The van der Waals surface area contributed by atoms with Crippen molar-refractivity contribution in [2.45, 2.75) is 173 Å². The fourth-order valence-corrected chi connectivity index (χ4v) is 8.91. The number of carbonyl (C=O) groups excluding carboxylic acids is 7. The van der Waals surface area contributed by atoms with Crippen molar-refractivity contribution in [2.75, 3.05) is 27.2 Å². The van der Waals surface area contributed by atoms with E-state index in [0.29, 0.717) is 61.0 Å². The number of hydrogen-bond acceptors (Lipinski definition) is 8. The van der Waals surface area contributed by atoms with Gasteiger partial charge in [-0.1, -0.05) is 65.0 Å². The summed E-state index contributed by atoms with van der Waals surface area (Å²) in [5.41, 5.74) is -2.04. The van der Waals surface area contributed by atoms with Gasteiger partial charge in [-0.3, -0.25) is 33.6 Å². The molecule has 15 nitrogen and oxygen atoms in total. The Balaban J connectivity index is 1.61. The van der Waals surface area contributed by atoms with Gasteiger partial charge in [-0.25, -0.2) is 0 Å². The van der Waals surface area contributed by atoms with Gasteiger partial charge in [-0.05, 0) is 107 Å². The molecular formula is C47H71ClF3N7O8. The Morgan fingerprint density at radius 3 is 2.20 bits per heavy atom. The first kappa shape index (κ1) is 54.0. The summed E-state index contributed by atoms with van der Waals surface area (Å²) in [5, 5.41) is 13.8. The smallest absolute Gasteiger partial charge is 0.403 e. The van der Waals surface area contributed by atoms with Gasteiger partial charge in [-0.2, -0.15) is 13.2 Å². The molecule has 0 aromatic heterocycles. The Kier molecular flexibility index (Phi) is 20.0. The van der Waals surface area contributed by atoms with Crippen molar-refractivity contribution in [3.63, 3.8) is 0 Å². The number of alkyl halides is 3. The van der Waals surface area contributed by atoms with E-state index < -0.39 is 89.2 Å². The SMILES string of the molecule is CCC[C@H]1NC(=O)[C@H](Cc2cc(Cl)ccc2OCC2CC2)N(C)C(=O)[C@H](CC(C)C)NC(=O)[C@@H](N(C)C(=O)[C@H](C)NC(=O)[C@H](CC)NC(=O)C2(C(F)(F)F)CCCCC2)CCCCNC1=O. The van der Waals surface area contributed by atoms with Crippen molar-refractivity contribution in [1.29, 1.82) is 0 Å². The van der Waals surface area contributed by atoms with E-state index in [1.165, 1.54) is 32.8 Å². The molecule has 0 spiro atoms. The van der Waals surface area contributed by atoms with Crippen LogP contribution in [-0.4, -0.2) is 121 Å². The number of nitrogens with zero attached hydrogens (tertiary/aromatic N) is 2. The fourth-order valence-electron chi connectivity index (χ4n) is 8.72. The topological polar surface area (TPSA) is 195 Å². The standard InChI is InChI=1S/C47H71ClF3N7O8/c1-8-15-34-39(59)52-23-14-11-16-36(57(6)43(63)29(5)53-40(60)33(9-2)56-45(65)46(47(49,50)51)21-12-10-13-22-46)41(61)55-35(24-28(3)4)44(64)58(7)37(42(62)54-34)26-31-25-32(48)19-20-38(31)66-27-30-17-18-30/h19-20,25,28-30,33-37H,8-18,21-24,26-27H2,1-7H3,(H,52,59)(H,53,60)(H,54,62)(H,55,61)(H,56,65)/t29-,33-,34+,35-,36-,37-/m0/s1. The zero-order valence-corrected chi connectivity index (χ0v) is 40.3. The van der Waals surface area contributed by atoms with E-state index in [4.69, 9.17) is 16.3 Å². The monoisotopic (exact) mass is 954 g/mol. The number of carbonyl (C=O) groups is 7. The van der Waals surface area contributed by atoms with Crippen LogP contribution >= 0.6 is 11.6 Å². The van der Waals surface area contributed by atoms with Crippen LogP contribution in [0.3, 0.4) is 0 Å². The van der Waals surface area contributed by atoms with Crippen LogP contribution in [0, 0.1) is 17.3 Å². The minimum atomic E-state index is -4.82. The van der Waals surface area contributed by atoms with Gasteiger partial charge in [0.15, 0.2) is 0 Å². The van der Waals surface area contributed by atoms with E-state index in [1.54, 1.807) is 18.2 Å². The quantitative estimate of drug-likeness (QED) is 0.146. The zero-order valence-electron chi connectivity index (χ0n) is 39.5. The predicted molar refractivity (Wildman–Crippen MR) is 243 cm³/mol. The molecular weight excluding hydrogens is 883 g/mol. The minimum absolute atomic E-state index is 0.0350. The average Bonchev–Trinajstić information content (AvgIpc) is 4.10. The second-order valence-corrected chi connectivity index (χ2v) is 19.2. The Labute approximate surface area is 392 Å². The van der Waals surface area contributed by atoms with Crippen LogP contribution in [0.25, 0.3) is 0 Å². The Morgan fingerprint density at radius 2 is 1.59 bits per heavy atom. The van der Waals surface area contributed by atoms with Crippen molar-refractivity contribution in [2.24, 2.45) is 17.3 Å². The summed E-state index contributed by atoms with van der Waals surface area (Å²) < 4.78 is 49.0. The van der Waals surface area contributed by atoms with Gasteiger partial charge in [0.05, 0.1) is 6.61 Å². The largest absolute Gasteiger partial charge is 0.493 e. The lowest BCUT2D eigenvalue weighted by Crippen LogP contribution is -2.60. The molecule has 4 rings (SSSR count). The van der Waals surface area contributed by atoms with Crippen molar-refractivity contribution in [3.05, 3.63) is 28.8 Å². The van der Waals surface area contributed by atoms with E-state index in [0.717, 1.165) is 17.7 Å². The van der Waals surface area contributed by atoms with Crippen LogP contribution in [0.5, 0.6) is 5.75 Å². The molecule has 0 bridgehead atoms. The molecule has 3 fully saturated rings. The van der Waals surface area contributed by atoms with Crippen LogP contribution in [0.1, 0.15) is 130 Å². The summed E-state index contributed by atoms with van der Waals surface area (Å²) >= 11 is 6.45. The molecule has 2 saturated carbocycles. The van der Waals surface area contributed by atoms with E-state index >= 15 is 0 Å². The van der Waals surface area contributed by atoms with Crippen molar-refractivity contribution in [3.8, 4) is 5.75 Å². The second kappa shape index (κ2) is 24.4. The molecule has 1 aliphatic heterocycles. The van der Waals surface area contributed by atoms with Crippen LogP contribution < -0.4 is 31.3 Å². The van der Waals surface area contributed by atoms with Gasteiger partial charge in [0, 0.05) is 32.1 Å². The Hall–Kier alpha value is -4.61. The highest BCUT2D eigenvalue weighted by Gasteiger charge is 2.60. The molecule has 1 aromatic rings. The molecule has 0 unspecified atom stereocenters.